The zero-order valence-electron chi connectivity index (χ0n) is 24.5. The number of nitriles is 1. The minimum Gasteiger partial charge on any atom is -0.473 e. The van der Waals surface area contributed by atoms with Gasteiger partial charge in [0.2, 0.25) is 5.88 Å². The van der Waals surface area contributed by atoms with Crippen LogP contribution in [0, 0.1) is 17.1 Å². The van der Waals surface area contributed by atoms with E-state index in [1.165, 1.54) is 24.3 Å². The van der Waals surface area contributed by atoms with Crippen LogP contribution in [-0.2, 0) is 29.0 Å². The number of halogens is 1. The van der Waals surface area contributed by atoms with E-state index in [1.807, 2.05) is 30.3 Å². The van der Waals surface area contributed by atoms with Crippen LogP contribution in [0.5, 0.6) is 5.88 Å². The van der Waals surface area contributed by atoms with Gasteiger partial charge in [-0.2, -0.15) is 5.26 Å². The number of pyridine rings is 1. The molecule has 222 valence electrons. The van der Waals surface area contributed by atoms with Gasteiger partial charge in [0.15, 0.2) is 0 Å². The van der Waals surface area contributed by atoms with Gasteiger partial charge in [0.1, 0.15) is 18.2 Å². The molecule has 3 aromatic carbocycles. The first-order valence-electron chi connectivity index (χ1n) is 14.5. The van der Waals surface area contributed by atoms with Crippen molar-refractivity contribution in [2.45, 2.75) is 38.3 Å². The Labute approximate surface area is 254 Å². The Morgan fingerprint density at radius 1 is 1.02 bits per heavy atom. The van der Waals surface area contributed by atoms with Gasteiger partial charge in [-0.25, -0.2) is 19.2 Å². The van der Waals surface area contributed by atoms with Gasteiger partial charge in [0.05, 0.1) is 47.6 Å². The zero-order valence-corrected chi connectivity index (χ0v) is 24.5. The first-order valence-corrected chi connectivity index (χ1v) is 14.5. The summed E-state index contributed by atoms with van der Waals surface area (Å²) in [5.74, 6) is 0.902. The molecule has 2 aromatic heterocycles. The van der Waals surface area contributed by atoms with Crippen molar-refractivity contribution in [2.75, 3.05) is 20.8 Å². The molecule has 1 aliphatic carbocycles. The standard InChI is InChI=1S/C35H31FN4O4/c1-42-15-14-40-32-18-26(35(41)43-2)12-13-31(32)38-33(40)19-24-10-11-25(17-28(24)23-8-9-23)30-4-3-5-34(39-30)44-21-27-7-6-22(20-37)16-29(27)36/h3-7,10-13,16-18,23H,8-9,14-15,19,21H2,1-2H3. The van der Waals surface area contributed by atoms with E-state index >= 15 is 0 Å². The Kier molecular flexibility index (Phi) is 8.35. The summed E-state index contributed by atoms with van der Waals surface area (Å²) in [7, 11) is 3.04. The SMILES string of the molecule is COCCn1c(Cc2ccc(-c3cccc(OCc4ccc(C#N)cc4F)n3)cc2C2CC2)nc2ccc(C(=O)OC)cc21. The first kappa shape index (κ1) is 29.0. The highest BCUT2D eigenvalue weighted by Crippen LogP contribution is 2.43. The van der Waals surface area contributed by atoms with E-state index in [2.05, 4.69) is 22.8 Å². The molecule has 0 unspecified atom stereocenters. The van der Waals surface area contributed by atoms with Crippen molar-refractivity contribution in [3.63, 3.8) is 0 Å². The number of hydrogen-bond donors (Lipinski definition) is 0. The summed E-state index contributed by atoms with van der Waals surface area (Å²) in [6.45, 7) is 1.12. The van der Waals surface area contributed by atoms with Crippen LogP contribution in [0.4, 0.5) is 4.39 Å². The van der Waals surface area contributed by atoms with Gasteiger partial charge in [0, 0.05) is 37.3 Å². The van der Waals surface area contributed by atoms with Crippen LogP contribution in [0.25, 0.3) is 22.3 Å². The van der Waals surface area contributed by atoms with Crippen LogP contribution in [0.1, 0.15) is 57.2 Å². The van der Waals surface area contributed by atoms with Crippen molar-refractivity contribution in [3.8, 4) is 23.2 Å². The smallest absolute Gasteiger partial charge is 0.337 e. The van der Waals surface area contributed by atoms with Gasteiger partial charge in [-0.3, -0.25) is 0 Å². The second kappa shape index (κ2) is 12.7. The van der Waals surface area contributed by atoms with E-state index in [1.54, 1.807) is 31.4 Å². The predicted molar refractivity (Wildman–Crippen MR) is 163 cm³/mol. The summed E-state index contributed by atoms with van der Waals surface area (Å²) in [6.07, 6.45) is 2.89. The molecule has 0 saturated heterocycles. The van der Waals surface area contributed by atoms with E-state index in [9.17, 15) is 9.18 Å². The fourth-order valence-corrected chi connectivity index (χ4v) is 5.39. The normalized spacial score (nSPS) is 12.7. The Morgan fingerprint density at radius 3 is 2.61 bits per heavy atom. The third kappa shape index (κ3) is 6.17. The lowest BCUT2D eigenvalue weighted by atomic mass is 9.96. The summed E-state index contributed by atoms with van der Waals surface area (Å²) in [5, 5.41) is 8.97. The fraction of sp³-hybridized carbons (Fsp3) is 0.257. The molecule has 5 aromatic rings. The molecule has 0 bridgehead atoms. The van der Waals surface area contributed by atoms with Gasteiger partial charge in [-0.15, -0.1) is 0 Å². The van der Waals surface area contributed by atoms with Crippen molar-refractivity contribution >= 4 is 17.0 Å². The van der Waals surface area contributed by atoms with E-state index in [0.717, 1.165) is 41.0 Å². The number of hydrogen-bond acceptors (Lipinski definition) is 7. The lowest BCUT2D eigenvalue weighted by molar-refractivity contribution is 0.0601. The molecule has 1 saturated carbocycles. The molecule has 0 spiro atoms. The van der Waals surface area contributed by atoms with E-state index < -0.39 is 5.82 Å². The average molecular weight is 591 g/mol. The van der Waals surface area contributed by atoms with Crippen LogP contribution in [0.2, 0.25) is 0 Å². The van der Waals surface area contributed by atoms with Crippen molar-refractivity contribution in [1.29, 1.82) is 5.26 Å². The maximum atomic E-state index is 14.3. The number of carbonyl (C=O) groups excluding carboxylic acids is 1. The van der Waals surface area contributed by atoms with Crippen LogP contribution >= 0.6 is 0 Å². The van der Waals surface area contributed by atoms with Gasteiger partial charge in [0.25, 0.3) is 0 Å². The summed E-state index contributed by atoms with van der Waals surface area (Å²) in [4.78, 5) is 21.8. The number of rotatable bonds is 11. The van der Waals surface area contributed by atoms with Gasteiger partial charge >= 0.3 is 5.97 Å². The number of methoxy groups -OCH3 is 2. The minimum absolute atomic E-state index is 0.00541. The summed E-state index contributed by atoms with van der Waals surface area (Å²) in [6, 6.07) is 23.6. The molecule has 0 atom stereocenters. The molecule has 0 radical (unpaired) electrons. The number of ether oxygens (including phenoxy) is 3. The number of aromatic nitrogens is 3. The summed E-state index contributed by atoms with van der Waals surface area (Å²) >= 11 is 0. The molecule has 0 N–H and O–H groups in total. The Hall–Kier alpha value is -5.07. The number of nitrogens with zero attached hydrogens (tertiary/aromatic N) is 4. The number of benzene rings is 3. The molecular formula is C35H31FN4O4. The van der Waals surface area contributed by atoms with Gasteiger partial charge in [-0.05, 0) is 72.4 Å². The van der Waals surface area contributed by atoms with Crippen molar-refractivity contribution in [3.05, 3.63) is 112 Å². The molecule has 1 fully saturated rings. The quantitative estimate of drug-likeness (QED) is 0.160. The lowest BCUT2D eigenvalue weighted by Crippen LogP contribution is -2.10. The minimum atomic E-state index is -0.482. The van der Waals surface area contributed by atoms with E-state index in [-0.39, 0.29) is 18.1 Å². The number of fused-ring (bicyclic) bond motifs is 1. The molecule has 2 heterocycles. The van der Waals surface area contributed by atoms with Gasteiger partial charge < -0.3 is 18.8 Å². The van der Waals surface area contributed by atoms with Gasteiger partial charge in [-0.1, -0.05) is 24.3 Å². The molecule has 0 amide bonds. The van der Waals surface area contributed by atoms with Crippen LogP contribution < -0.4 is 4.74 Å². The Balaban J connectivity index is 1.27. The number of carbonyl (C=O) groups is 1. The maximum absolute atomic E-state index is 14.3. The second-order valence-electron chi connectivity index (χ2n) is 10.8. The molecular weight excluding hydrogens is 559 g/mol. The summed E-state index contributed by atoms with van der Waals surface area (Å²) in [5.41, 5.74) is 6.99. The Bertz CT molecular complexity index is 1890. The summed E-state index contributed by atoms with van der Waals surface area (Å²) < 4.78 is 32.6. The third-order valence-electron chi connectivity index (χ3n) is 7.86. The maximum Gasteiger partial charge on any atom is 0.337 e. The monoisotopic (exact) mass is 590 g/mol. The molecule has 8 nitrogen and oxygen atoms in total. The first-order chi connectivity index (χ1) is 21.5. The molecule has 44 heavy (non-hydrogen) atoms. The zero-order chi connectivity index (χ0) is 30.6. The molecule has 9 heteroatoms. The van der Waals surface area contributed by atoms with Crippen LogP contribution in [0.15, 0.2) is 72.8 Å². The topological polar surface area (TPSA) is 99.3 Å². The van der Waals surface area contributed by atoms with Crippen molar-refractivity contribution in [1.82, 2.24) is 14.5 Å². The highest BCUT2D eigenvalue weighted by Gasteiger charge is 2.27. The molecule has 0 aliphatic heterocycles. The molecule has 1 aliphatic rings. The van der Waals surface area contributed by atoms with E-state index in [0.29, 0.717) is 42.5 Å². The number of esters is 1. The van der Waals surface area contributed by atoms with Crippen LogP contribution in [0.3, 0.4) is 0 Å². The number of imidazole rings is 1. The Morgan fingerprint density at radius 2 is 1.86 bits per heavy atom. The average Bonchev–Trinajstić information content (AvgIpc) is 3.85. The second-order valence-corrected chi connectivity index (χ2v) is 10.8. The molecule has 6 rings (SSSR count). The third-order valence-corrected chi connectivity index (χ3v) is 7.86. The predicted octanol–water partition coefficient (Wildman–Crippen LogP) is 6.59. The largest absolute Gasteiger partial charge is 0.473 e. The van der Waals surface area contributed by atoms with E-state index in [4.69, 9.17) is 29.4 Å². The highest BCUT2D eigenvalue weighted by molar-refractivity contribution is 5.93. The highest BCUT2D eigenvalue weighted by atomic mass is 19.1. The van der Waals surface area contributed by atoms with Crippen LogP contribution in [-0.4, -0.2) is 41.3 Å². The van der Waals surface area contributed by atoms with Crippen molar-refractivity contribution < 1.29 is 23.4 Å². The van der Waals surface area contributed by atoms with Crippen molar-refractivity contribution in [2.24, 2.45) is 0 Å². The fourth-order valence-electron chi connectivity index (χ4n) is 5.39. The lowest BCUT2D eigenvalue weighted by Gasteiger charge is -2.14.